The molecule has 0 aromatic carbocycles. The van der Waals surface area contributed by atoms with Crippen LogP contribution in [0.25, 0.3) is 0 Å². The van der Waals surface area contributed by atoms with Gasteiger partial charge in [0.05, 0.1) is 12.8 Å². The minimum absolute atomic E-state index is 0.233. The molecule has 0 aliphatic heterocycles. The van der Waals surface area contributed by atoms with E-state index in [0.29, 0.717) is 5.56 Å². The van der Waals surface area contributed by atoms with Gasteiger partial charge >= 0.3 is 5.97 Å². The Morgan fingerprint density at radius 2 is 2.06 bits per heavy atom. The maximum Gasteiger partial charge on any atom is 0.350 e. The zero-order valence-electron chi connectivity index (χ0n) is 10.6. The smallest absolute Gasteiger partial charge is 0.350 e. The number of anilines is 1. The molecule has 6 nitrogen and oxygen atoms in total. The molecule has 0 amide bonds. The number of ether oxygens (including phenoxy) is 1. The highest BCUT2D eigenvalue weighted by atomic mass is 32.2. The van der Waals surface area contributed by atoms with Crippen LogP contribution in [-0.2, 0) is 14.9 Å². The number of thiophene rings is 1. The van der Waals surface area contributed by atoms with E-state index in [9.17, 15) is 13.2 Å². The fraction of sp³-hybridized carbons (Fsp3) is 0.500. The summed E-state index contributed by atoms with van der Waals surface area (Å²) >= 11 is 1.14. The number of hydrogen-bond acceptors (Lipinski definition) is 5. The van der Waals surface area contributed by atoms with Crippen molar-refractivity contribution in [3.63, 3.8) is 0 Å². The molecule has 18 heavy (non-hydrogen) atoms. The second-order valence-electron chi connectivity index (χ2n) is 3.99. The maximum atomic E-state index is 11.8. The normalized spacial score (nSPS) is 11.6. The Hall–Kier alpha value is -1.12. The maximum absolute atomic E-state index is 11.8. The molecule has 1 aromatic rings. The van der Waals surface area contributed by atoms with Crippen molar-refractivity contribution in [1.82, 2.24) is 4.72 Å². The number of methoxy groups -OCH3 is 1. The molecule has 1 heterocycles. The van der Waals surface area contributed by atoms with Crippen LogP contribution in [0.5, 0.6) is 0 Å². The molecule has 0 fully saturated rings. The molecular weight excluding hydrogens is 276 g/mol. The molecule has 1 aromatic heterocycles. The third kappa shape index (κ3) is 3.69. The van der Waals surface area contributed by atoms with E-state index < -0.39 is 16.2 Å². The summed E-state index contributed by atoms with van der Waals surface area (Å²) in [5.41, 5.74) is 0.939. The Kier molecular flexibility index (Phi) is 4.71. The van der Waals surface area contributed by atoms with Gasteiger partial charge in [-0.15, -0.1) is 11.3 Å². The van der Waals surface area contributed by atoms with Crippen molar-refractivity contribution in [1.29, 1.82) is 0 Å². The van der Waals surface area contributed by atoms with Crippen molar-refractivity contribution in [2.75, 3.05) is 11.8 Å². The lowest BCUT2D eigenvalue weighted by Gasteiger charge is -2.12. The fourth-order valence-corrected chi connectivity index (χ4v) is 3.49. The first kappa shape index (κ1) is 14.9. The van der Waals surface area contributed by atoms with E-state index in [1.807, 2.05) is 0 Å². The fourth-order valence-electron chi connectivity index (χ4n) is 1.29. The molecular formula is C10H16N2O4S2. The van der Waals surface area contributed by atoms with E-state index in [2.05, 4.69) is 14.2 Å². The Balaban J connectivity index is 3.04. The first-order chi connectivity index (χ1) is 8.26. The molecule has 0 radical (unpaired) electrons. The number of aryl methyl sites for hydroxylation is 1. The summed E-state index contributed by atoms with van der Waals surface area (Å²) < 4.78 is 32.8. The van der Waals surface area contributed by atoms with Gasteiger partial charge < -0.3 is 4.74 Å². The third-order valence-electron chi connectivity index (χ3n) is 1.97. The molecule has 0 atom stereocenters. The van der Waals surface area contributed by atoms with Crippen LogP contribution in [0.3, 0.4) is 0 Å². The molecule has 2 N–H and O–H groups in total. The first-order valence-electron chi connectivity index (χ1n) is 5.23. The summed E-state index contributed by atoms with van der Waals surface area (Å²) in [5, 5.41) is 1.69. The van der Waals surface area contributed by atoms with Gasteiger partial charge in [0.2, 0.25) is 0 Å². The molecule has 0 bridgehead atoms. The van der Waals surface area contributed by atoms with Crippen molar-refractivity contribution in [2.24, 2.45) is 0 Å². The van der Waals surface area contributed by atoms with Crippen LogP contribution in [0.1, 0.15) is 29.1 Å². The molecule has 0 unspecified atom stereocenters. The molecule has 0 aliphatic rings. The van der Waals surface area contributed by atoms with E-state index in [-0.39, 0.29) is 16.6 Å². The van der Waals surface area contributed by atoms with Crippen molar-refractivity contribution in [3.05, 3.63) is 15.8 Å². The van der Waals surface area contributed by atoms with Crippen molar-refractivity contribution < 1.29 is 17.9 Å². The summed E-state index contributed by atoms with van der Waals surface area (Å²) in [6.07, 6.45) is 0. The highest BCUT2D eigenvalue weighted by Gasteiger charge is 2.21. The summed E-state index contributed by atoms with van der Waals surface area (Å²) in [7, 11) is -2.44. The molecule has 1 rings (SSSR count). The number of rotatable bonds is 5. The van der Waals surface area contributed by atoms with Crippen molar-refractivity contribution >= 4 is 33.2 Å². The van der Waals surface area contributed by atoms with E-state index in [1.165, 1.54) is 7.11 Å². The second kappa shape index (κ2) is 5.68. The third-order valence-corrected chi connectivity index (χ3v) is 4.31. The van der Waals surface area contributed by atoms with Gasteiger partial charge in [0.1, 0.15) is 4.88 Å². The van der Waals surface area contributed by atoms with Gasteiger partial charge in [-0.25, -0.2) is 4.79 Å². The first-order valence-corrected chi connectivity index (χ1v) is 7.59. The highest BCUT2D eigenvalue weighted by Crippen LogP contribution is 2.28. The zero-order valence-corrected chi connectivity index (χ0v) is 12.2. The van der Waals surface area contributed by atoms with Gasteiger partial charge in [-0.3, -0.25) is 4.72 Å². The summed E-state index contributed by atoms with van der Waals surface area (Å²) in [6, 6.07) is -0.233. The van der Waals surface area contributed by atoms with Gasteiger partial charge in [0.25, 0.3) is 10.2 Å². The summed E-state index contributed by atoms with van der Waals surface area (Å²) in [6.45, 7) is 5.14. The average Bonchev–Trinajstić information content (AvgIpc) is 2.57. The van der Waals surface area contributed by atoms with Crippen LogP contribution in [0.15, 0.2) is 5.38 Å². The molecule has 0 saturated carbocycles. The lowest BCUT2D eigenvalue weighted by molar-refractivity contribution is 0.0607. The van der Waals surface area contributed by atoms with E-state index in [0.717, 1.165) is 11.3 Å². The van der Waals surface area contributed by atoms with Crippen LogP contribution in [0.4, 0.5) is 5.69 Å². The Morgan fingerprint density at radius 1 is 1.44 bits per heavy atom. The number of carbonyl (C=O) groups is 1. The van der Waals surface area contributed by atoms with Crippen LogP contribution < -0.4 is 9.44 Å². The van der Waals surface area contributed by atoms with E-state index in [1.54, 1.807) is 26.2 Å². The highest BCUT2D eigenvalue weighted by molar-refractivity contribution is 7.90. The Morgan fingerprint density at radius 3 is 2.56 bits per heavy atom. The minimum atomic E-state index is -3.69. The summed E-state index contributed by atoms with van der Waals surface area (Å²) in [5.74, 6) is -0.560. The van der Waals surface area contributed by atoms with E-state index in [4.69, 9.17) is 0 Å². The van der Waals surface area contributed by atoms with Gasteiger partial charge in [-0.05, 0) is 31.7 Å². The lowest BCUT2D eigenvalue weighted by Crippen LogP contribution is -2.35. The van der Waals surface area contributed by atoms with Crippen LogP contribution in [-0.4, -0.2) is 27.5 Å². The summed E-state index contributed by atoms with van der Waals surface area (Å²) in [4.78, 5) is 11.7. The Bertz CT molecular complexity index is 534. The van der Waals surface area contributed by atoms with Gasteiger partial charge in [0.15, 0.2) is 0 Å². The van der Waals surface area contributed by atoms with Crippen LogP contribution in [0, 0.1) is 6.92 Å². The van der Waals surface area contributed by atoms with Crippen molar-refractivity contribution in [3.8, 4) is 0 Å². The number of nitrogens with one attached hydrogen (secondary N) is 2. The molecule has 0 saturated heterocycles. The SMILES string of the molecule is COC(=O)c1scc(C)c1NS(=O)(=O)NC(C)C. The number of carbonyl (C=O) groups excluding carboxylic acids is 1. The largest absolute Gasteiger partial charge is 0.465 e. The second-order valence-corrected chi connectivity index (χ2v) is 6.32. The van der Waals surface area contributed by atoms with Crippen LogP contribution >= 0.6 is 11.3 Å². The average molecular weight is 292 g/mol. The van der Waals surface area contributed by atoms with Crippen LogP contribution in [0.2, 0.25) is 0 Å². The topological polar surface area (TPSA) is 84.5 Å². The quantitative estimate of drug-likeness (QED) is 0.805. The van der Waals surface area contributed by atoms with Gasteiger partial charge in [0, 0.05) is 6.04 Å². The molecule has 0 spiro atoms. The lowest BCUT2D eigenvalue weighted by atomic mass is 10.3. The Labute approximate surface area is 111 Å². The molecule has 8 heteroatoms. The van der Waals surface area contributed by atoms with Crippen molar-refractivity contribution in [2.45, 2.75) is 26.8 Å². The van der Waals surface area contributed by atoms with E-state index >= 15 is 0 Å². The molecule has 102 valence electrons. The zero-order chi connectivity index (χ0) is 13.9. The number of hydrogen-bond donors (Lipinski definition) is 2. The van der Waals surface area contributed by atoms with Gasteiger partial charge in [-0.2, -0.15) is 13.1 Å². The molecule has 0 aliphatic carbocycles. The monoisotopic (exact) mass is 292 g/mol. The number of esters is 1. The predicted octanol–water partition coefficient (Wildman–Crippen LogP) is 1.50. The van der Waals surface area contributed by atoms with Gasteiger partial charge in [-0.1, -0.05) is 0 Å². The standard InChI is InChI=1S/C10H16N2O4S2/c1-6(2)11-18(14,15)12-8-7(3)5-17-9(8)10(13)16-4/h5-6,11-12H,1-4H3. The predicted molar refractivity (Wildman–Crippen MR) is 71.2 cm³/mol. The minimum Gasteiger partial charge on any atom is -0.465 e.